The van der Waals surface area contributed by atoms with Gasteiger partial charge in [-0.25, -0.2) is 22.8 Å². The van der Waals surface area contributed by atoms with E-state index in [0.29, 0.717) is 30.1 Å². The van der Waals surface area contributed by atoms with Crippen LogP contribution in [0.4, 0.5) is 0 Å². The lowest BCUT2D eigenvalue weighted by atomic mass is 9.70. The molecule has 61 heavy (non-hydrogen) atoms. The minimum absolute atomic E-state index is 0.0248. The van der Waals surface area contributed by atoms with Gasteiger partial charge in [0.1, 0.15) is 39.8 Å². The van der Waals surface area contributed by atoms with E-state index < -0.39 is 66.9 Å². The number of fused-ring (bicyclic) bond motifs is 2. The summed E-state index contributed by atoms with van der Waals surface area (Å²) in [6, 6.07) is 22.4. The first-order valence-corrected chi connectivity index (χ1v) is 22.9. The lowest BCUT2D eigenvalue weighted by molar-refractivity contribution is -0.158. The van der Waals surface area contributed by atoms with Crippen molar-refractivity contribution in [2.24, 2.45) is 16.7 Å². The molecule has 5 rings (SSSR count). The van der Waals surface area contributed by atoms with Crippen LogP contribution in [0, 0.1) is 16.7 Å². The lowest BCUT2D eigenvalue weighted by Crippen LogP contribution is -2.42. The Morgan fingerprint density at radius 3 is 1.26 bits per heavy atom. The summed E-state index contributed by atoms with van der Waals surface area (Å²) in [7, 11) is -5.05. The molecule has 3 aromatic rings. The minimum atomic E-state index is -4.33. The van der Waals surface area contributed by atoms with Crippen LogP contribution >= 0.6 is 0 Å². The molecule has 2 fully saturated rings. The molecule has 0 aliphatic heterocycles. The van der Waals surface area contributed by atoms with Gasteiger partial charge in [-0.2, -0.15) is 0 Å². The van der Waals surface area contributed by atoms with Crippen molar-refractivity contribution in [3.63, 3.8) is 0 Å². The Labute approximate surface area is 363 Å². The first kappa shape index (κ1) is 49.1. The van der Waals surface area contributed by atoms with Crippen molar-refractivity contribution < 1.29 is 60.6 Å². The van der Waals surface area contributed by atoms with Crippen molar-refractivity contribution >= 4 is 44.7 Å². The highest BCUT2D eigenvalue weighted by molar-refractivity contribution is 7.97. The van der Waals surface area contributed by atoms with Gasteiger partial charge < -0.3 is 33.0 Å². The molecule has 0 spiro atoms. The molecule has 2 unspecified atom stereocenters. The molecule has 0 saturated heterocycles. The molecule has 2 aliphatic rings. The van der Waals surface area contributed by atoms with Crippen LogP contribution < -0.4 is 14.2 Å². The molecule has 15 heteroatoms. The highest BCUT2D eigenvalue weighted by atomic mass is 32.2. The van der Waals surface area contributed by atoms with Crippen LogP contribution in [0.5, 0.6) is 17.2 Å². The maximum atomic E-state index is 12.3. The van der Waals surface area contributed by atoms with E-state index in [-0.39, 0.29) is 36.9 Å². The molecule has 334 valence electrons. The summed E-state index contributed by atoms with van der Waals surface area (Å²) in [6.07, 6.45) is 1.88. The van der Waals surface area contributed by atoms with Crippen molar-refractivity contribution in [3.8, 4) is 17.2 Å². The Balaban J connectivity index is 0.000000454. The highest BCUT2D eigenvalue weighted by Gasteiger charge is 2.64. The van der Waals surface area contributed by atoms with E-state index in [1.54, 1.807) is 80.5 Å². The average molecular weight is 885 g/mol. The third-order valence-electron chi connectivity index (χ3n) is 10.0. The van der Waals surface area contributed by atoms with Crippen molar-refractivity contribution in [2.75, 3.05) is 25.6 Å². The Morgan fingerprint density at radius 1 is 0.656 bits per heavy atom. The molecule has 0 amide bonds. The number of carbonyl (C=O) groups excluding carboxylic acids is 4. The van der Waals surface area contributed by atoms with Crippen LogP contribution in [-0.2, 0) is 54.4 Å². The highest BCUT2D eigenvalue weighted by Crippen LogP contribution is 2.64. The van der Waals surface area contributed by atoms with E-state index in [9.17, 15) is 32.1 Å². The zero-order chi connectivity index (χ0) is 45.6. The predicted molar refractivity (Wildman–Crippen MR) is 229 cm³/mol. The molecule has 0 heterocycles. The van der Waals surface area contributed by atoms with Gasteiger partial charge in [0.15, 0.2) is 34.5 Å². The van der Waals surface area contributed by atoms with Crippen LogP contribution in [0.25, 0.3) is 0 Å². The molecule has 2 aliphatic carbocycles. The van der Waals surface area contributed by atoms with Crippen molar-refractivity contribution in [1.82, 2.24) is 0 Å². The first-order valence-electron chi connectivity index (χ1n) is 20.1. The second-order valence-corrected chi connectivity index (χ2v) is 22.2. The molecular weight excluding hydrogens is 825 g/mol. The number of hydrogen-bond acceptors (Lipinski definition) is 13. The van der Waals surface area contributed by atoms with Crippen LogP contribution in [0.3, 0.4) is 0 Å². The number of rotatable bonds is 14. The molecule has 2 saturated carbocycles. The molecule has 2 atom stereocenters. The van der Waals surface area contributed by atoms with Crippen LogP contribution in [0.15, 0.2) is 87.5 Å². The van der Waals surface area contributed by atoms with E-state index in [1.807, 2.05) is 68.4 Å². The second-order valence-electron chi connectivity index (χ2n) is 18.7. The quantitative estimate of drug-likeness (QED) is 0.0661. The van der Waals surface area contributed by atoms with Crippen molar-refractivity contribution in [3.05, 3.63) is 72.8 Å². The fourth-order valence-corrected chi connectivity index (χ4v) is 10.9. The molecule has 0 radical (unpaired) electrons. The number of Topliss-reactive ketones (excluding diaryl/α,β-unsaturated/α-hetero) is 1. The molecule has 2 bridgehead atoms. The molecule has 0 N–H and O–H groups in total. The number of hydrogen-bond donors (Lipinski definition) is 0. The lowest BCUT2D eigenvalue weighted by Gasteiger charge is -2.37. The third-order valence-corrected chi connectivity index (χ3v) is 13.0. The summed E-state index contributed by atoms with van der Waals surface area (Å²) in [6.45, 7) is 19.3. The summed E-state index contributed by atoms with van der Waals surface area (Å²) in [5, 5.41) is 0. The fraction of sp³-hybridized carbons (Fsp3) is 0.522. The maximum Gasteiger partial charge on any atom is 0.344 e. The Morgan fingerprint density at radius 2 is 1.00 bits per heavy atom. The molecule has 3 aromatic carbocycles. The Kier molecular flexibility index (Phi) is 15.4. The van der Waals surface area contributed by atoms with Crippen LogP contribution in [0.2, 0.25) is 0 Å². The molecule has 0 aromatic heterocycles. The first-order chi connectivity index (χ1) is 28.1. The molecule has 13 nitrogen and oxygen atoms in total. The minimum Gasteiger partial charge on any atom is -0.748 e. The summed E-state index contributed by atoms with van der Waals surface area (Å²) < 4.78 is 66.3. The maximum absolute atomic E-state index is 12.3. The number of ether oxygens (including phenoxy) is 6. The van der Waals surface area contributed by atoms with E-state index in [4.69, 9.17) is 28.4 Å². The topological polar surface area (TPSA) is 181 Å². The van der Waals surface area contributed by atoms with Gasteiger partial charge in [0.05, 0.1) is 26.8 Å². The van der Waals surface area contributed by atoms with Crippen molar-refractivity contribution in [2.45, 2.75) is 127 Å². The van der Waals surface area contributed by atoms with Gasteiger partial charge in [0.2, 0.25) is 0 Å². The number of ketones is 1. The van der Waals surface area contributed by atoms with Gasteiger partial charge in [-0.05, 0) is 123 Å². The monoisotopic (exact) mass is 884 g/mol. The summed E-state index contributed by atoms with van der Waals surface area (Å²) in [4.78, 5) is 51.4. The standard InChI is InChI=1S/C36H45O9S.C10H16O4S/c1-34(2,3)43-31(37)22-40-25-13-10-16-28(19-25)46(29-17-11-14-26(20-29)41-23-32(38)44-35(4,5)6)30-18-12-15-27(21-30)42-24-33(39)45-36(7,8)9;1-9(2)7-3-4-10(9,8(11)5-7)6-15(12,13)14/h10-21H,22-24H2,1-9H3;7H,3-6H2,1-2H3,(H,12,13,14)/q+1;/p-1. The predicted octanol–water partition coefficient (Wildman–Crippen LogP) is 7.87. The largest absolute Gasteiger partial charge is 0.748 e. The zero-order valence-corrected chi connectivity index (χ0v) is 38.7. The van der Waals surface area contributed by atoms with E-state index >= 15 is 0 Å². The van der Waals surface area contributed by atoms with Gasteiger partial charge >= 0.3 is 17.9 Å². The van der Waals surface area contributed by atoms with E-state index in [0.717, 1.165) is 21.1 Å². The molecular formula is C46H60O13S2. The van der Waals surface area contributed by atoms with Crippen molar-refractivity contribution in [1.29, 1.82) is 0 Å². The zero-order valence-electron chi connectivity index (χ0n) is 37.1. The summed E-state index contributed by atoms with van der Waals surface area (Å²) in [5.41, 5.74) is -3.09. The second kappa shape index (κ2) is 19.2. The van der Waals surface area contributed by atoms with Gasteiger partial charge in [0.25, 0.3) is 0 Å². The fourth-order valence-electron chi connectivity index (χ4n) is 7.43. The number of esters is 3. The Hall–Kier alpha value is -4.60. The van der Waals surface area contributed by atoms with Gasteiger partial charge in [-0.15, -0.1) is 0 Å². The van der Waals surface area contributed by atoms with E-state index in [2.05, 4.69) is 0 Å². The Bertz CT molecular complexity index is 1980. The van der Waals surface area contributed by atoms with Crippen LogP contribution in [-0.4, -0.2) is 79.0 Å². The van der Waals surface area contributed by atoms with E-state index in [1.165, 1.54) is 0 Å². The normalized spacial score (nSPS) is 18.4. The average Bonchev–Trinajstić information content (AvgIpc) is 3.45. The third kappa shape index (κ3) is 14.5. The van der Waals surface area contributed by atoms with Gasteiger partial charge in [0, 0.05) is 30.0 Å². The van der Waals surface area contributed by atoms with Crippen LogP contribution in [0.1, 0.15) is 95.4 Å². The smallest absolute Gasteiger partial charge is 0.344 e. The summed E-state index contributed by atoms with van der Waals surface area (Å²) in [5.74, 6) is -0.205. The summed E-state index contributed by atoms with van der Waals surface area (Å²) >= 11 is 0. The SMILES string of the molecule is CC(C)(C)OC(=O)COc1cccc([S+](c2cccc(OCC(=O)OC(C)(C)C)c2)c2cccc(OCC(=O)OC(C)(C)C)c2)c1.CC1(C)C2CCC1(CS(=O)(=O)[O-])C(=O)C2. The van der Waals surface area contributed by atoms with Gasteiger partial charge in [-0.1, -0.05) is 32.0 Å². The van der Waals surface area contributed by atoms with Gasteiger partial charge in [-0.3, -0.25) is 4.79 Å². The number of carbonyl (C=O) groups is 4. The number of benzene rings is 3.